The maximum atomic E-state index is 14.6. The number of carbonyl (C=O) groups excluding carboxylic acids is 3. The second kappa shape index (κ2) is 25.5. The van der Waals surface area contributed by atoms with Gasteiger partial charge in [0.15, 0.2) is 6.29 Å². The molecule has 0 saturated carbocycles. The van der Waals surface area contributed by atoms with E-state index in [1.807, 2.05) is 0 Å². The van der Waals surface area contributed by atoms with E-state index in [-0.39, 0.29) is 50.8 Å². The zero-order valence-electron chi connectivity index (χ0n) is 41.8. The molecular formula is C54H56F3N5O14. The van der Waals surface area contributed by atoms with Crippen LogP contribution in [0.2, 0.25) is 0 Å². The Balaban J connectivity index is 1.20. The van der Waals surface area contributed by atoms with Gasteiger partial charge in [0, 0.05) is 4.91 Å². The van der Waals surface area contributed by atoms with Gasteiger partial charge in [-0.05, 0) is 88.4 Å². The molecule has 3 heterocycles. The van der Waals surface area contributed by atoms with Gasteiger partial charge in [-0.1, -0.05) is 65.8 Å². The SMILES string of the molecule is COc1ccc(COCC2OCC(N3C(=O)c4ccccc4C3=O)[C@@H](O[C@@H]3OC(COCc4ccc(OC)cc4)[C@H](OCc4ccc(OC)cc4)[C@H](OCc4ccc(OC)cc4)C3NC(=O)C(F)(F)F)[C@H]2N=[N+]=[N-])cc1. The van der Waals surface area contributed by atoms with Gasteiger partial charge in [-0.25, -0.2) is 0 Å². The fourth-order valence-corrected chi connectivity index (χ4v) is 9.06. The number of azide groups is 1. The number of nitrogens with zero attached hydrogens (tertiary/aromatic N) is 4. The van der Waals surface area contributed by atoms with Crippen molar-refractivity contribution in [3.8, 4) is 23.0 Å². The van der Waals surface area contributed by atoms with Crippen LogP contribution in [0.25, 0.3) is 10.4 Å². The zero-order chi connectivity index (χ0) is 53.8. The van der Waals surface area contributed by atoms with Gasteiger partial charge in [-0.2, -0.15) is 13.2 Å². The van der Waals surface area contributed by atoms with Gasteiger partial charge in [0.25, 0.3) is 11.8 Å². The number of amides is 3. The fraction of sp³-hybridized carbons (Fsp3) is 0.389. The topological polar surface area (TPSA) is 217 Å². The highest BCUT2D eigenvalue weighted by molar-refractivity contribution is 6.21. The number of rotatable bonds is 23. The summed E-state index contributed by atoms with van der Waals surface area (Å²) in [4.78, 5) is 45.8. The van der Waals surface area contributed by atoms with E-state index in [9.17, 15) is 33.1 Å². The van der Waals surface area contributed by atoms with Gasteiger partial charge in [-0.15, -0.1) is 0 Å². The van der Waals surface area contributed by atoms with Crippen LogP contribution in [0, 0.1) is 0 Å². The third-order valence-electron chi connectivity index (χ3n) is 13.0. The van der Waals surface area contributed by atoms with E-state index in [1.54, 1.807) is 109 Å². The van der Waals surface area contributed by atoms with E-state index in [4.69, 9.17) is 52.1 Å². The van der Waals surface area contributed by atoms with Crippen LogP contribution in [0.1, 0.15) is 43.0 Å². The lowest BCUT2D eigenvalue weighted by Gasteiger charge is -2.49. The van der Waals surface area contributed by atoms with Crippen LogP contribution in [-0.4, -0.2) is 132 Å². The first-order valence-corrected chi connectivity index (χ1v) is 24.0. The molecule has 19 nitrogen and oxygen atoms in total. The summed E-state index contributed by atoms with van der Waals surface area (Å²) in [5, 5.41) is 6.14. The van der Waals surface area contributed by atoms with Crippen LogP contribution in [0.3, 0.4) is 0 Å². The van der Waals surface area contributed by atoms with Crippen molar-refractivity contribution in [1.29, 1.82) is 0 Å². The van der Waals surface area contributed by atoms with Crippen molar-refractivity contribution in [1.82, 2.24) is 10.2 Å². The molecule has 402 valence electrons. The molecule has 5 aromatic carbocycles. The Morgan fingerprint density at radius 1 is 0.645 bits per heavy atom. The third kappa shape index (κ3) is 13.2. The van der Waals surface area contributed by atoms with Crippen molar-refractivity contribution < 1.29 is 79.7 Å². The van der Waals surface area contributed by atoms with E-state index < -0.39 is 85.4 Å². The Bertz CT molecular complexity index is 2750. The average Bonchev–Trinajstić information content (AvgIpc) is 3.70. The molecule has 22 heteroatoms. The highest BCUT2D eigenvalue weighted by Crippen LogP contribution is 2.37. The summed E-state index contributed by atoms with van der Waals surface area (Å²) in [7, 11) is 6.06. The van der Waals surface area contributed by atoms with Crippen molar-refractivity contribution >= 4 is 17.7 Å². The van der Waals surface area contributed by atoms with E-state index in [2.05, 4.69) is 15.3 Å². The Hall–Kier alpha value is -7.27. The minimum Gasteiger partial charge on any atom is -0.497 e. The number of alkyl halides is 3. The molecule has 76 heavy (non-hydrogen) atoms. The molecule has 0 bridgehead atoms. The van der Waals surface area contributed by atoms with Crippen LogP contribution < -0.4 is 24.3 Å². The van der Waals surface area contributed by atoms with Gasteiger partial charge in [-0.3, -0.25) is 19.3 Å². The molecule has 0 aliphatic carbocycles. The summed E-state index contributed by atoms with van der Waals surface area (Å²) in [5.74, 6) is -1.55. The number of ether oxygens (including phenoxy) is 11. The van der Waals surface area contributed by atoms with Crippen molar-refractivity contribution in [3.63, 3.8) is 0 Å². The van der Waals surface area contributed by atoms with E-state index >= 15 is 0 Å². The number of nitrogens with one attached hydrogen (secondary N) is 1. The van der Waals surface area contributed by atoms with Crippen molar-refractivity contribution in [2.24, 2.45) is 5.11 Å². The molecule has 0 radical (unpaired) electrons. The molecule has 3 aliphatic rings. The minimum absolute atomic E-state index is 0.0190. The number of hydrogen-bond donors (Lipinski definition) is 1. The Morgan fingerprint density at radius 3 is 1.51 bits per heavy atom. The highest BCUT2D eigenvalue weighted by atomic mass is 19.4. The molecule has 0 aromatic heterocycles. The van der Waals surface area contributed by atoms with Crippen molar-refractivity contribution in [2.75, 3.05) is 48.3 Å². The molecule has 3 amide bonds. The normalized spacial score (nSPS) is 23.3. The molecule has 2 fully saturated rings. The zero-order valence-corrected chi connectivity index (χ0v) is 41.8. The van der Waals surface area contributed by atoms with Crippen LogP contribution in [-0.2, 0) is 64.4 Å². The lowest BCUT2D eigenvalue weighted by molar-refractivity contribution is -0.311. The summed E-state index contributed by atoms with van der Waals surface area (Å²) >= 11 is 0. The molecule has 4 unspecified atom stereocenters. The number of fused-ring (bicyclic) bond motifs is 1. The lowest BCUT2D eigenvalue weighted by Crippen LogP contribution is -2.69. The molecular weight excluding hydrogens is 1000 g/mol. The standard InChI is InChI=1S/C54H56F3N5O14/c1-66-36-17-9-32(10-18-36)25-70-30-43-45(60-61-58)47(42(29-72-43)62-50(63)40-7-5-6-8-41(40)51(62)64)76-52-46(59-53(65)54(55,56)57)49(74-28-35-15-23-39(69-4)24-16-35)48(73-27-34-13-21-38(68-3)22-14-34)44(75-52)31-71-26-33-11-19-37(67-2)20-12-33/h5-24,42-49,52H,25-31H2,1-4H3,(H,59,65)/t42?,43?,44?,45-,46?,47+,48-,49+,52-/m0/s1. The minimum atomic E-state index is -5.44. The predicted molar refractivity (Wildman–Crippen MR) is 263 cm³/mol. The van der Waals surface area contributed by atoms with Crippen LogP contribution in [0.15, 0.2) is 126 Å². The number of methoxy groups -OCH3 is 4. The van der Waals surface area contributed by atoms with Crippen LogP contribution in [0.5, 0.6) is 23.0 Å². The summed E-state index contributed by atoms with van der Waals surface area (Å²) < 4.78 is 110. The molecule has 3 aliphatic heterocycles. The molecule has 2 saturated heterocycles. The van der Waals surface area contributed by atoms with E-state index in [0.717, 1.165) is 16.0 Å². The van der Waals surface area contributed by atoms with E-state index in [1.165, 1.54) is 40.6 Å². The monoisotopic (exact) mass is 1060 g/mol. The molecule has 1 N–H and O–H groups in total. The summed E-state index contributed by atoms with van der Waals surface area (Å²) in [5.41, 5.74) is 13.0. The van der Waals surface area contributed by atoms with Gasteiger partial charge < -0.3 is 57.4 Å². The van der Waals surface area contributed by atoms with Gasteiger partial charge in [0.05, 0.1) is 110 Å². The largest absolute Gasteiger partial charge is 0.497 e. The van der Waals surface area contributed by atoms with Crippen LogP contribution >= 0.6 is 0 Å². The third-order valence-corrected chi connectivity index (χ3v) is 13.0. The maximum Gasteiger partial charge on any atom is 0.471 e. The fourth-order valence-electron chi connectivity index (χ4n) is 9.06. The first kappa shape index (κ1) is 55.0. The molecule has 5 aromatic rings. The van der Waals surface area contributed by atoms with Gasteiger partial charge >= 0.3 is 12.1 Å². The first-order valence-electron chi connectivity index (χ1n) is 24.0. The average molecular weight is 1060 g/mol. The van der Waals surface area contributed by atoms with Gasteiger partial charge in [0.1, 0.15) is 47.4 Å². The summed E-state index contributed by atoms with van der Waals surface area (Å²) in [6.45, 7) is -1.26. The Labute approximate surface area is 435 Å². The maximum absolute atomic E-state index is 14.6. The van der Waals surface area contributed by atoms with E-state index in [0.29, 0.717) is 34.1 Å². The lowest BCUT2D eigenvalue weighted by atomic mass is 9.93. The first-order chi connectivity index (χ1) is 36.8. The number of halogens is 3. The quantitative estimate of drug-likeness (QED) is 0.0290. The number of hydrogen-bond acceptors (Lipinski definition) is 15. The van der Waals surface area contributed by atoms with Gasteiger partial charge in [0.2, 0.25) is 0 Å². The number of benzene rings is 5. The molecule has 9 atom stereocenters. The molecule has 8 rings (SSSR count). The summed E-state index contributed by atoms with van der Waals surface area (Å²) in [6, 6.07) is 29.0. The summed E-state index contributed by atoms with van der Waals surface area (Å²) in [6.07, 6.45) is -14.2. The number of imide groups is 1. The van der Waals surface area contributed by atoms with Crippen molar-refractivity contribution in [2.45, 2.75) is 87.5 Å². The Kier molecular flexibility index (Phi) is 18.5. The smallest absolute Gasteiger partial charge is 0.471 e. The van der Waals surface area contributed by atoms with Crippen molar-refractivity contribution in [3.05, 3.63) is 165 Å². The number of carbonyl (C=O) groups is 3. The molecule has 0 spiro atoms. The second-order valence-corrected chi connectivity index (χ2v) is 17.8. The Morgan fingerprint density at radius 2 is 1.08 bits per heavy atom. The predicted octanol–water partition coefficient (Wildman–Crippen LogP) is 7.52. The highest BCUT2D eigenvalue weighted by Gasteiger charge is 2.56. The van der Waals surface area contributed by atoms with Crippen LogP contribution in [0.4, 0.5) is 13.2 Å². The second-order valence-electron chi connectivity index (χ2n) is 17.8.